The highest BCUT2D eigenvalue weighted by atomic mass is 16.5. The van der Waals surface area contributed by atoms with Gasteiger partial charge in [0.25, 0.3) is 0 Å². The van der Waals surface area contributed by atoms with Gasteiger partial charge in [0.2, 0.25) is 5.82 Å². The van der Waals surface area contributed by atoms with Gasteiger partial charge in [0, 0.05) is 17.8 Å². The van der Waals surface area contributed by atoms with Gasteiger partial charge >= 0.3 is 0 Å². The molecule has 0 aliphatic rings. The van der Waals surface area contributed by atoms with Crippen molar-refractivity contribution in [1.82, 2.24) is 20.6 Å². The molecule has 3 aromatic rings. The predicted molar refractivity (Wildman–Crippen MR) is 79.9 cm³/mol. The van der Waals surface area contributed by atoms with Crippen molar-refractivity contribution in [3.63, 3.8) is 0 Å². The standard InChI is InChI=1S/C15H15N5O/c1-21-12-8-6-11(7-9-12)10-16-14-5-3-2-4-13(14)15-17-19-20-18-15/h2-9,16H,10H2,1H3,(H,17,18,19,20). The molecule has 6 heteroatoms. The summed E-state index contributed by atoms with van der Waals surface area (Å²) in [5.74, 6) is 1.43. The average Bonchev–Trinajstić information content (AvgIpc) is 3.08. The fraction of sp³-hybridized carbons (Fsp3) is 0.133. The molecule has 0 aliphatic carbocycles. The quantitative estimate of drug-likeness (QED) is 0.751. The van der Waals surface area contributed by atoms with Gasteiger partial charge in [0.1, 0.15) is 5.75 Å². The zero-order valence-corrected chi connectivity index (χ0v) is 11.6. The lowest BCUT2D eigenvalue weighted by Crippen LogP contribution is -2.01. The van der Waals surface area contributed by atoms with E-state index in [0.717, 1.165) is 17.0 Å². The first-order valence-corrected chi connectivity index (χ1v) is 6.56. The van der Waals surface area contributed by atoms with Crippen LogP contribution in [-0.4, -0.2) is 27.7 Å². The van der Waals surface area contributed by atoms with Crippen LogP contribution in [0.15, 0.2) is 48.5 Å². The zero-order valence-electron chi connectivity index (χ0n) is 11.6. The molecule has 0 aliphatic heterocycles. The average molecular weight is 281 g/mol. The van der Waals surface area contributed by atoms with Gasteiger partial charge in [-0.05, 0) is 35.0 Å². The monoisotopic (exact) mass is 281 g/mol. The van der Waals surface area contributed by atoms with Crippen molar-refractivity contribution in [2.75, 3.05) is 12.4 Å². The Balaban J connectivity index is 1.76. The molecule has 2 aromatic carbocycles. The van der Waals surface area contributed by atoms with E-state index in [0.29, 0.717) is 12.4 Å². The lowest BCUT2D eigenvalue weighted by Gasteiger charge is -2.10. The third-order valence-electron chi connectivity index (χ3n) is 3.16. The van der Waals surface area contributed by atoms with Crippen molar-refractivity contribution >= 4 is 5.69 Å². The van der Waals surface area contributed by atoms with E-state index in [2.05, 4.69) is 25.9 Å². The Bertz CT molecular complexity index is 694. The van der Waals surface area contributed by atoms with E-state index in [1.165, 1.54) is 5.56 Å². The molecule has 2 N–H and O–H groups in total. The number of benzene rings is 2. The van der Waals surface area contributed by atoms with Crippen LogP contribution in [0.4, 0.5) is 5.69 Å². The van der Waals surface area contributed by atoms with Gasteiger partial charge in [0.15, 0.2) is 0 Å². The molecule has 3 rings (SSSR count). The fourth-order valence-electron chi connectivity index (χ4n) is 2.05. The topological polar surface area (TPSA) is 75.7 Å². The number of tetrazole rings is 1. The number of hydrogen-bond donors (Lipinski definition) is 2. The Hall–Kier alpha value is -2.89. The van der Waals surface area contributed by atoms with E-state index >= 15 is 0 Å². The lowest BCUT2D eigenvalue weighted by atomic mass is 10.1. The van der Waals surface area contributed by atoms with Gasteiger partial charge in [-0.15, -0.1) is 10.2 Å². The summed E-state index contributed by atoms with van der Waals surface area (Å²) < 4.78 is 5.15. The van der Waals surface area contributed by atoms with Gasteiger partial charge in [-0.3, -0.25) is 0 Å². The molecule has 0 saturated heterocycles. The minimum Gasteiger partial charge on any atom is -0.497 e. The highest BCUT2D eigenvalue weighted by Gasteiger charge is 2.08. The number of methoxy groups -OCH3 is 1. The maximum atomic E-state index is 5.15. The second-order valence-corrected chi connectivity index (χ2v) is 4.48. The number of hydrogen-bond acceptors (Lipinski definition) is 5. The Morgan fingerprint density at radius 3 is 2.62 bits per heavy atom. The number of nitrogens with zero attached hydrogens (tertiary/aromatic N) is 3. The van der Waals surface area contributed by atoms with E-state index < -0.39 is 0 Å². The molecule has 1 aromatic heterocycles. The summed E-state index contributed by atoms with van der Waals surface area (Å²) in [6, 6.07) is 15.8. The Kier molecular flexibility index (Phi) is 3.77. The van der Waals surface area contributed by atoms with Crippen molar-refractivity contribution in [3.8, 4) is 17.1 Å². The molecular formula is C15H15N5O. The number of nitrogens with one attached hydrogen (secondary N) is 2. The van der Waals surface area contributed by atoms with Crippen LogP contribution in [0, 0.1) is 0 Å². The van der Waals surface area contributed by atoms with Gasteiger partial charge in [0.05, 0.1) is 7.11 Å². The third-order valence-corrected chi connectivity index (χ3v) is 3.16. The first-order chi connectivity index (χ1) is 10.4. The molecule has 0 unspecified atom stereocenters. The minimum absolute atomic E-state index is 0.577. The van der Waals surface area contributed by atoms with E-state index in [1.807, 2.05) is 48.5 Å². The molecule has 0 atom stereocenters. The number of rotatable bonds is 5. The number of ether oxygens (including phenoxy) is 1. The van der Waals surface area contributed by atoms with E-state index in [4.69, 9.17) is 4.74 Å². The maximum Gasteiger partial charge on any atom is 0.206 e. The van der Waals surface area contributed by atoms with Crippen molar-refractivity contribution < 1.29 is 4.74 Å². The molecule has 0 spiro atoms. The minimum atomic E-state index is 0.577. The van der Waals surface area contributed by atoms with E-state index in [9.17, 15) is 0 Å². The molecule has 0 bridgehead atoms. The summed E-state index contributed by atoms with van der Waals surface area (Å²) in [5.41, 5.74) is 3.05. The Morgan fingerprint density at radius 1 is 1.10 bits per heavy atom. The highest BCUT2D eigenvalue weighted by molar-refractivity contribution is 5.72. The van der Waals surface area contributed by atoms with Crippen molar-refractivity contribution in [1.29, 1.82) is 0 Å². The number of para-hydroxylation sites is 1. The summed E-state index contributed by atoms with van der Waals surface area (Å²) in [7, 11) is 1.66. The largest absolute Gasteiger partial charge is 0.497 e. The Labute approximate surface area is 122 Å². The summed E-state index contributed by atoms with van der Waals surface area (Å²) in [6.07, 6.45) is 0. The van der Waals surface area contributed by atoms with Gasteiger partial charge in [-0.25, -0.2) is 0 Å². The van der Waals surface area contributed by atoms with Crippen LogP contribution < -0.4 is 10.1 Å². The van der Waals surface area contributed by atoms with Gasteiger partial charge in [-0.1, -0.05) is 24.3 Å². The zero-order chi connectivity index (χ0) is 14.5. The van der Waals surface area contributed by atoms with Crippen LogP contribution in [0.2, 0.25) is 0 Å². The van der Waals surface area contributed by atoms with Crippen molar-refractivity contribution in [2.45, 2.75) is 6.54 Å². The van der Waals surface area contributed by atoms with Gasteiger partial charge < -0.3 is 10.1 Å². The first-order valence-electron chi connectivity index (χ1n) is 6.56. The van der Waals surface area contributed by atoms with Crippen molar-refractivity contribution in [2.24, 2.45) is 0 Å². The maximum absolute atomic E-state index is 5.15. The molecule has 21 heavy (non-hydrogen) atoms. The van der Waals surface area contributed by atoms with E-state index in [-0.39, 0.29) is 0 Å². The number of aromatic nitrogens is 4. The van der Waals surface area contributed by atoms with Gasteiger partial charge in [-0.2, -0.15) is 5.21 Å². The summed E-state index contributed by atoms with van der Waals surface area (Å²) in [4.78, 5) is 0. The van der Waals surface area contributed by atoms with Crippen LogP contribution in [0.25, 0.3) is 11.4 Å². The molecule has 0 fully saturated rings. The molecule has 6 nitrogen and oxygen atoms in total. The SMILES string of the molecule is COc1ccc(CNc2ccccc2-c2nn[nH]n2)cc1. The molecule has 0 radical (unpaired) electrons. The van der Waals surface area contributed by atoms with Crippen LogP contribution >= 0.6 is 0 Å². The molecule has 0 amide bonds. The Morgan fingerprint density at radius 2 is 1.90 bits per heavy atom. The highest BCUT2D eigenvalue weighted by Crippen LogP contribution is 2.24. The second kappa shape index (κ2) is 6.04. The number of H-pyrrole nitrogens is 1. The second-order valence-electron chi connectivity index (χ2n) is 4.48. The summed E-state index contributed by atoms with van der Waals surface area (Å²) in [5, 5.41) is 17.5. The number of anilines is 1. The van der Waals surface area contributed by atoms with Crippen LogP contribution in [0.1, 0.15) is 5.56 Å². The molecule has 1 heterocycles. The molecular weight excluding hydrogens is 266 g/mol. The van der Waals surface area contributed by atoms with Crippen LogP contribution in [-0.2, 0) is 6.54 Å². The normalized spacial score (nSPS) is 10.3. The molecule has 0 saturated carbocycles. The fourth-order valence-corrected chi connectivity index (χ4v) is 2.05. The van der Waals surface area contributed by atoms with E-state index in [1.54, 1.807) is 7.11 Å². The summed E-state index contributed by atoms with van der Waals surface area (Å²) in [6.45, 7) is 0.707. The van der Waals surface area contributed by atoms with Crippen LogP contribution in [0.5, 0.6) is 5.75 Å². The predicted octanol–water partition coefficient (Wildman–Crippen LogP) is 2.49. The lowest BCUT2D eigenvalue weighted by molar-refractivity contribution is 0.414. The number of aromatic amines is 1. The van der Waals surface area contributed by atoms with Crippen LogP contribution in [0.3, 0.4) is 0 Å². The molecule has 106 valence electrons. The smallest absolute Gasteiger partial charge is 0.206 e. The third kappa shape index (κ3) is 3.00. The summed E-state index contributed by atoms with van der Waals surface area (Å²) >= 11 is 0. The van der Waals surface area contributed by atoms with Crippen molar-refractivity contribution in [3.05, 3.63) is 54.1 Å². The first kappa shape index (κ1) is 13.1.